The SMILES string of the molecule is CN(C)C(=O)[C@H]1CC[C@H](NCC(=O)c2ccccc2)CC1. The van der Waals surface area contributed by atoms with Gasteiger partial charge in [-0.05, 0) is 25.7 Å². The van der Waals surface area contributed by atoms with Crippen molar-refractivity contribution in [1.29, 1.82) is 0 Å². The molecule has 1 aromatic rings. The Labute approximate surface area is 126 Å². The third-order valence-corrected chi connectivity index (χ3v) is 4.16. The Kier molecular flexibility index (Phi) is 5.51. The summed E-state index contributed by atoms with van der Waals surface area (Å²) in [5.74, 6) is 0.513. The summed E-state index contributed by atoms with van der Waals surface area (Å²) in [6, 6.07) is 9.71. The minimum atomic E-state index is 0.127. The van der Waals surface area contributed by atoms with Gasteiger partial charge in [-0.3, -0.25) is 9.59 Å². The van der Waals surface area contributed by atoms with E-state index < -0.39 is 0 Å². The zero-order valence-electron chi connectivity index (χ0n) is 12.8. The molecule has 2 rings (SSSR count). The minimum Gasteiger partial charge on any atom is -0.349 e. The maximum absolute atomic E-state index is 12.0. The molecule has 0 radical (unpaired) electrons. The number of ketones is 1. The summed E-state index contributed by atoms with van der Waals surface area (Å²) in [6.07, 6.45) is 3.75. The van der Waals surface area contributed by atoms with Crippen molar-refractivity contribution in [1.82, 2.24) is 10.2 Å². The molecular weight excluding hydrogens is 264 g/mol. The van der Waals surface area contributed by atoms with E-state index in [1.807, 2.05) is 44.4 Å². The van der Waals surface area contributed by atoms with Crippen LogP contribution in [0.3, 0.4) is 0 Å². The quantitative estimate of drug-likeness (QED) is 0.844. The molecule has 1 saturated carbocycles. The molecule has 1 aromatic carbocycles. The molecular formula is C17H24N2O2. The van der Waals surface area contributed by atoms with E-state index >= 15 is 0 Å². The molecule has 0 bridgehead atoms. The molecule has 0 unspecified atom stereocenters. The van der Waals surface area contributed by atoms with Gasteiger partial charge in [-0.2, -0.15) is 0 Å². The lowest BCUT2D eigenvalue weighted by atomic mass is 9.85. The normalized spacial score (nSPS) is 21.8. The van der Waals surface area contributed by atoms with Crippen LogP contribution in [-0.2, 0) is 4.79 Å². The molecule has 0 aliphatic heterocycles. The number of carbonyl (C=O) groups is 2. The summed E-state index contributed by atoms with van der Waals surface area (Å²) < 4.78 is 0. The van der Waals surface area contributed by atoms with E-state index in [1.165, 1.54) is 0 Å². The number of benzene rings is 1. The molecule has 1 fully saturated rings. The topological polar surface area (TPSA) is 49.4 Å². The molecule has 0 atom stereocenters. The van der Waals surface area contributed by atoms with Gasteiger partial charge in [0, 0.05) is 31.6 Å². The zero-order chi connectivity index (χ0) is 15.2. The van der Waals surface area contributed by atoms with Crippen LogP contribution in [0.15, 0.2) is 30.3 Å². The summed E-state index contributed by atoms with van der Waals surface area (Å²) >= 11 is 0. The fourth-order valence-electron chi connectivity index (χ4n) is 2.87. The number of Topliss-reactive ketones (excluding diaryl/α,β-unsaturated/α-hetero) is 1. The van der Waals surface area contributed by atoms with Crippen LogP contribution in [0.5, 0.6) is 0 Å². The Morgan fingerprint density at radius 2 is 1.71 bits per heavy atom. The highest BCUT2D eigenvalue weighted by atomic mass is 16.2. The van der Waals surface area contributed by atoms with Crippen LogP contribution < -0.4 is 5.32 Å². The standard InChI is InChI=1S/C17H24N2O2/c1-19(2)17(21)14-8-10-15(11-9-14)18-12-16(20)13-6-4-3-5-7-13/h3-7,14-15,18H,8-12H2,1-2H3/t14-,15-. The first kappa shape index (κ1) is 15.7. The van der Waals surface area contributed by atoms with Crippen molar-refractivity contribution in [3.63, 3.8) is 0 Å². The molecule has 0 spiro atoms. The lowest BCUT2D eigenvalue weighted by Crippen LogP contribution is -2.39. The molecule has 1 aliphatic carbocycles. The summed E-state index contributed by atoms with van der Waals surface area (Å²) in [4.78, 5) is 25.6. The van der Waals surface area contributed by atoms with E-state index in [4.69, 9.17) is 0 Å². The molecule has 1 N–H and O–H groups in total. The number of nitrogens with one attached hydrogen (secondary N) is 1. The highest BCUT2D eigenvalue weighted by Crippen LogP contribution is 2.25. The summed E-state index contributed by atoms with van der Waals surface area (Å²) in [5, 5.41) is 3.33. The molecule has 0 heterocycles. The molecule has 4 heteroatoms. The van der Waals surface area contributed by atoms with Gasteiger partial charge in [-0.1, -0.05) is 30.3 Å². The Balaban J connectivity index is 1.74. The first-order valence-corrected chi connectivity index (χ1v) is 7.60. The number of hydrogen-bond acceptors (Lipinski definition) is 3. The molecule has 0 aromatic heterocycles. The predicted molar refractivity (Wildman–Crippen MR) is 83.2 cm³/mol. The van der Waals surface area contributed by atoms with Gasteiger partial charge in [-0.25, -0.2) is 0 Å². The molecule has 114 valence electrons. The van der Waals surface area contributed by atoms with Crippen LogP contribution >= 0.6 is 0 Å². The van der Waals surface area contributed by atoms with Crippen LogP contribution in [0, 0.1) is 5.92 Å². The van der Waals surface area contributed by atoms with Crippen LogP contribution in [0.1, 0.15) is 36.0 Å². The van der Waals surface area contributed by atoms with E-state index in [0.29, 0.717) is 12.6 Å². The number of carbonyl (C=O) groups excluding carboxylic acids is 2. The highest BCUT2D eigenvalue weighted by molar-refractivity contribution is 5.97. The fraction of sp³-hybridized carbons (Fsp3) is 0.529. The molecule has 1 aliphatic rings. The van der Waals surface area contributed by atoms with Gasteiger partial charge in [0.2, 0.25) is 5.91 Å². The average molecular weight is 288 g/mol. The fourth-order valence-corrected chi connectivity index (χ4v) is 2.87. The maximum Gasteiger partial charge on any atom is 0.225 e. The lowest BCUT2D eigenvalue weighted by molar-refractivity contribution is -0.134. The van der Waals surface area contributed by atoms with Gasteiger partial charge >= 0.3 is 0 Å². The van der Waals surface area contributed by atoms with Gasteiger partial charge in [0.15, 0.2) is 5.78 Å². The van der Waals surface area contributed by atoms with Crippen molar-refractivity contribution < 1.29 is 9.59 Å². The Hall–Kier alpha value is -1.68. The van der Waals surface area contributed by atoms with E-state index in [0.717, 1.165) is 31.2 Å². The minimum absolute atomic E-state index is 0.127. The van der Waals surface area contributed by atoms with Crippen LogP contribution in [0.2, 0.25) is 0 Å². The largest absolute Gasteiger partial charge is 0.349 e. The second-order valence-electron chi connectivity index (χ2n) is 5.95. The van der Waals surface area contributed by atoms with Crippen molar-refractivity contribution in [3.05, 3.63) is 35.9 Å². The van der Waals surface area contributed by atoms with Crippen molar-refractivity contribution in [2.45, 2.75) is 31.7 Å². The first-order valence-electron chi connectivity index (χ1n) is 7.60. The molecule has 4 nitrogen and oxygen atoms in total. The Morgan fingerprint density at radius 1 is 1.10 bits per heavy atom. The summed E-state index contributed by atoms with van der Waals surface area (Å²) in [6.45, 7) is 0.376. The van der Waals surface area contributed by atoms with Crippen LogP contribution in [0.4, 0.5) is 0 Å². The van der Waals surface area contributed by atoms with Gasteiger partial charge in [0.1, 0.15) is 0 Å². The highest BCUT2D eigenvalue weighted by Gasteiger charge is 2.27. The van der Waals surface area contributed by atoms with E-state index in [-0.39, 0.29) is 17.6 Å². The first-order chi connectivity index (χ1) is 10.1. The van der Waals surface area contributed by atoms with Gasteiger partial charge in [0.25, 0.3) is 0 Å². The van der Waals surface area contributed by atoms with E-state index in [1.54, 1.807) is 4.90 Å². The summed E-state index contributed by atoms with van der Waals surface area (Å²) in [7, 11) is 3.62. The summed E-state index contributed by atoms with van der Waals surface area (Å²) in [5.41, 5.74) is 0.751. The maximum atomic E-state index is 12.0. The lowest BCUT2D eigenvalue weighted by Gasteiger charge is -2.29. The third-order valence-electron chi connectivity index (χ3n) is 4.16. The van der Waals surface area contributed by atoms with Crippen LogP contribution in [-0.4, -0.2) is 43.3 Å². The van der Waals surface area contributed by atoms with Crippen LogP contribution in [0.25, 0.3) is 0 Å². The van der Waals surface area contributed by atoms with Crippen molar-refractivity contribution in [2.75, 3.05) is 20.6 Å². The smallest absolute Gasteiger partial charge is 0.225 e. The van der Waals surface area contributed by atoms with Gasteiger partial charge in [-0.15, -0.1) is 0 Å². The second kappa shape index (κ2) is 7.36. The van der Waals surface area contributed by atoms with Crippen molar-refractivity contribution >= 4 is 11.7 Å². The van der Waals surface area contributed by atoms with Crippen molar-refractivity contribution in [2.24, 2.45) is 5.92 Å². The third kappa shape index (κ3) is 4.39. The van der Waals surface area contributed by atoms with E-state index in [2.05, 4.69) is 5.32 Å². The van der Waals surface area contributed by atoms with E-state index in [9.17, 15) is 9.59 Å². The number of nitrogens with zero attached hydrogens (tertiary/aromatic N) is 1. The predicted octanol–water partition coefficient (Wildman–Crippen LogP) is 2.11. The number of hydrogen-bond donors (Lipinski definition) is 1. The second-order valence-corrected chi connectivity index (χ2v) is 5.95. The zero-order valence-corrected chi connectivity index (χ0v) is 12.8. The Bertz CT molecular complexity index is 477. The molecule has 21 heavy (non-hydrogen) atoms. The number of rotatable bonds is 5. The van der Waals surface area contributed by atoms with Gasteiger partial charge < -0.3 is 10.2 Å². The number of amides is 1. The molecule has 0 saturated heterocycles. The molecule has 1 amide bonds. The average Bonchev–Trinajstić information content (AvgIpc) is 2.53. The van der Waals surface area contributed by atoms with Gasteiger partial charge in [0.05, 0.1) is 6.54 Å². The van der Waals surface area contributed by atoms with Crippen molar-refractivity contribution in [3.8, 4) is 0 Å². The monoisotopic (exact) mass is 288 g/mol. The Morgan fingerprint density at radius 3 is 2.29 bits per heavy atom.